The Kier molecular flexibility index (Phi) is 3.93. The predicted molar refractivity (Wildman–Crippen MR) is 105 cm³/mol. The second-order valence-electron chi connectivity index (χ2n) is 7.34. The number of amides is 1. The molecule has 0 bridgehead atoms. The summed E-state index contributed by atoms with van der Waals surface area (Å²) in [7, 11) is 0. The number of carbonyl (C=O) groups is 1. The van der Waals surface area contributed by atoms with Gasteiger partial charge in [0.05, 0.1) is 17.3 Å². The number of hydrogen-bond acceptors (Lipinski definition) is 3. The van der Waals surface area contributed by atoms with Crippen LogP contribution in [0.5, 0.6) is 0 Å². The summed E-state index contributed by atoms with van der Waals surface area (Å²) in [6.45, 7) is 1.60. The number of imidazole rings is 1. The third-order valence-electron chi connectivity index (χ3n) is 5.43. The fourth-order valence-electron chi connectivity index (χ4n) is 4.07. The molecule has 0 aliphatic carbocycles. The SMILES string of the molecule is O=C(c1ccc2occc2c1)N1CCCC(Cc2nc3ccccc3[nH]2)C1. The molecular weight excluding hydrogens is 338 g/mol. The van der Waals surface area contributed by atoms with Gasteiger partial charge in [-0.15, -0.1) is 0 Å². The Morgan fingerprint density at radius 3 is 3.07 bits per heavy atom. The summed E-state index contributed by atoms with van der Waals surface area (Å²) in [6.07, 6.45) is 4.69. The highest BCUT2D eigenvalue weighted by Crippen LogP contribution is 2.24. The van der Waals surface area contributed by atoms with Gasteiger partial charge >= 0.3 is 0 Å². The number of carbonyl (C=O) groups excluding carboxylic acids is 1. The monoisotopic (exact) mass is 359 g/mol. The quantitative estimate of drug-likeness (QED) is 0.589. The Hall–Kier alpha value is -3.08. The molecule has 1 aliphatic heterocycles. The van der Waals surface area contributed by atoms with Crippen molar-refractivity contribution in [3.63, 3.8) is 0 Å². The van der Waals surface area contributed by atoms with Crippen molar-refractivity contribution in [1.29, 1.82) is 0 Å². The molecule has 1 unspecified atom stereocenters. The Bertz CT molecular complexity index is 1080. The molecule has 1 atom stereocenters. The molecule has 1 fully saturated rings. The number of nitrogens with zero attached hydrogens (tertiary/aromatic N) is 2. The highest BCUT2D eigenvalue weighted by molar-refractivity contribution is 5.97. The average Bonchev–Trinajstić information content (AvgIpc) is 3.33. The summed E-state index contributed by atoms with van der Waals surface area (Å²) >= 11 is 0. The second-order valence-corrected chi connectivity index (χ2v) is 7.34. The number of likely N-dealkylation sites (tertiary alicyclic amines) is 1. The number of benzene rings is 2. The lowest BCUT2D eigenvalue weighted by Gasteiger charge is -2.32. The molecule has 4 aromatic rings. The van der Waals surface area contributed by atoms with Crippen LogP contribution in [-0.2, 0) is 6.42 Å². The van der Waals surface area contributed by atoms with Crippen LogP contribution in [0.2, 0.25) is 0 Å². The number of para-hydroxylation sites is 2. The van der Waals surface area contributed by atoms with Crippen molar-refractivity contribution in [3.05, 3.63) is 66.2 Å². The number of rotatable bonds is 3. The Morgan fingerprint density at radius 1 is 1.22 bits per heavy atom. The molecule has 1 N–H and O–H groups in total. The second kappa shape index (κ2) is 6.58. The van der Waals surface area contributed by atoms with Gasteiger partial charge in [-0.05, 0) is 55.2 Å². The van der Waals surface area contributed by atoms with E-state index in [1.54, 1.807) is 6.26 Å². The van der Waals surface area contributed by atoms with Crippen molar-refractivity contribution in [1.82, 2.24) is 14.9 Å². The smallest absolute Gasteiger partial charge is 0.253 e. The lowest BCUT2D eigenvalue weighted by Crippen LogP contribution is -2.40. The Labute approximate surface area is 157 Å². The molecule has 0 saturated carbocycles. The minimum atomic E-state index is 0.104. The van der Waals surface area contributed by atoms with E-state index >= 15 is 0 Å². The van der Waals surface area contributed by atoms with E-state index in [4.69, 9.17) is 9.40 Å². The first-order chi connectivity index (χ1) is 13.3. The van der Waals surface area contributed by atoms with E-state index in [0.29, 0.717) is 5.92 Å². The van der Waals surface area contributed by atoms with Gasteiger partial charge in [-0.25, -0.2) is 4.98 Å². The van der Waals surface area contributed by atoms with Gasteiger partial charge < -0.3 is 14.3 Å². The van der Waals surface area contributed by atoms with Crippen molar-refractivity contribution < 1.29 is 9.21 Å². The van der Waals surface area contributed by atoms with Crippen LogP contribution in [0, 0.1) is 5.92 Å². The van der Waals surface area contributed by atoms with Crippen LogP contribution in [0.1, 0.15) is 29.0 Å². The number of aromatic nitrogens is 2. The zero-order valence-corrected chi connectivity index (χ0v) is 15.0. The van der Waals surface area contributed by atoms with E-state index in [1.165, 1.54) is 0 Å². The number of H-pyrrole nitrogens is 1. The van der Waals surface area contributed by atoms with Crippen molar-refractivity contribution in [2.45, 2.75) is 19.3 Å². The number of aromatic amines is 1. The molecule has 2 aromatic heterocycles. The van der Waals surface area contributed by atoms with Crippen LogP contribution in [-0.4, -0.2) is 33.9 Å². The van der Waals surface area contributed by atoms with Gasteiger partial charge in [-0.3, -0.25) is 4.79 Å². The Balaban J connectivity index is 1.31. The summed E-state index contributed by atoms with van der Waals surface area (Å²) in [5.74, 6) is 1.55. The van der Waals surface area contributed by atoms with Crippen LogP contribution in [0.3, 0.4) is 0 Å². The standard InChI is InChI=1S/C22H21N3O2/c26-22(17-7-8-20-16(13-17)9-11-27-20)25-10-3-4-15(14-25)12-21-23-18-5-1-2-6-19(18)24-21/h1-2,5-9,11,13,15H,3-4,10,12,14H2,(H,23,24). The van der Waals surface area contributed by atoms with Gasteiger partial charge in [0.2, 0.25) is 0 Å². The fraction of sp³-hybridized carbons (Fsp3) is 0.273. The maximum atomic E-state index is 13.0. The number of fused-ring (bicyclic) bond motifs is 2. The third kappa shape index (κ3) is 3.10. The first kappa shape index (κ1) is 16.1. The summed E-state index contributed by atoms with van der Waals surface area (Å²) in [5.41, 5.74) is 3.62. The molecular formula is C22H21N3O2. The molecule has 0 spiro atoms. The lowest BCUT2D eigenvalue weighted by molar-refractivity contribution is 0.0672. The summed E-state index contributed by atoms with van der Waals surface area (Å²) in [4.78, 5) is 23.1. The normalized spacial score (nSPS) is 17.6. The van der Waals surface area contributed by atoms with Crippen molar-refractivity contribution in [2.75, 3.05) is 13.1 Å². The Morgan fingerprint density at radius 2 is 2.15 bits per heavy atom. The maximum Gasteiger partial charge on any atom is 0.253 e. The van der Waals surface area contributed by atoms with Gasteiger partial charge in [-0.1, -0.05) is 12.1 Å². The highest BCUT2D eigenvalue weighted by atomic mass is 16.3. The molecule has 0 radical (unpaired) electrons. The van der Waals surface area contributed by atoms with E-state index in [-0.39, 0.29) is 5.91 Å². The van der Waals surface area contributed by atoms with Crippen LogP contribution < -0.4 is 0 Å². The molecule has 5 nitrogen and oxygen atoms in total. The first-order valence-corrected chi connectivity index (χ1v) is 9.46. The van der Waals surface area contributed by atoms with Gasteiger partial charge in [-0.2, -0.15) is 0 Å². The van der Waals surface area contributed by atoms with E-state index < -0.39 is 0 Å². The van der Waals surface area contributed by atoms with Gasteiger partial charge in [0.1, 0.15) is 11.4 Å². The molecule has 3 heterocycles. The minimum Gasteiger partial charge on any atom is -0.464 e. The molecule has 2 aromatic carbocycles. The molecule has 1 saturated heterocycles. The first-order valence-electron chi connectivity index (χ1n) is 9.46. The van der Waals surface area contributed by atoms with Gasteiger partial charge in [0, 0.05) is 30.5 Å². The fourth-order valence-corrected chi connectivity index (χ4v) is 4.07. The topological polar surface area (TPSA) is 62.1 Å². The summed E-state index contributed by atoms with van der Waals surface area (Å²) in [6, 6.07) is 15.6. The summed E-state index contributed by atoms with van der Waals surface area (Å²) in [5, 5.41) is 0.969. The van der Waals surface area contributed by atoms with Crippen LogP contribution >= 0.6 is 0 Å². The molecule has 1 amide bonds. The van der Waals surface area contributed by atoms with E-state index in [0.717, 1.165) is 65.7 Å². The molecule has 5 rings (SSSR count). The van der Waals surface area contributed by atoms with E-state index in [9.17, 15) is 4.79 Å². The zero-order valence-electron chi connectivity index (χ0n) is 15.0. The average molecular weight is 359 g/mol. The van der Waals surface area contributed by atoms with Crippen molar-refractivity contribution in [3.8, 4) is 0 Å². The van der Waals surface area contributed by atoms with Gasteiger partial charge in [0.15, 0.2) is 0 Å². The number of furan rings is 1. The lowest BCUT2D eigenvalue weighted by atomic mass is 9.94. The predicted octanol–water partition coefficient (Wildman–Crippen LogP) is 4.40. The van der Waals surface area contributed by atoms with Gasteiger partial charge in [0.25, 0.3) is 5.91 Å². The van der Waals surface area contributed by atoms with E-state index in [1.807, 2.05) is 47.4 Å². The highest BCUT2D eigenvalue weighted by Gasteiger charge is 2.25. The number of piperidine rings is 1. The third-order valence-corrected chi connectivity index (χ3v) is 5.43. The zero-order chi connectivity index (χ0) is 18.2. The maximum absolute atomic E-state index is 13.0. The van der Waals surface area contributed by atoms with Crippen LogP contribution in [0.4, 0.5) is 0 Å². The molecule has 1 aliphatic rings. The van der Waals surface area contributed by atoms with Crippen molar-refractivity contribution in [2.24, 2.45) is 5.92 Å². The number of hydrogen-bond donors (Lipinski definition) is 1. The summed E-state index contributed by atoms with van der Waals surface area (Å²) < 4.78 is 5.37. The van der Waals surface area contributed by atoms with Crippen molar-refractivity contribution >= 4 is 27.9 Å². The molecule has 27 heavy (non-hydrogen) atoms. The van der Waals surface area contributed by atoms with Crippen LogP contribution in [0.25, 0.3) is 22.0 Å². The molecule has 5 heteroatoms. The molecule has 136 valence electrons. The van der Waals surface area contributed by atoms with E-state index in [2.05, 4.69) is 11.1 Å². The largest absolute Gasteiger partial charge is 0.464 e. The minimum absolute atomic E-state index is 0.104. The van der Waals surface area contributed by atoms with Crippen LogP contribution in [0.15, 0.2) is 59.2 Å². The number of nitrogens with one attached hydrogen (secondary N) is 1.